The topological polar surface area (TPSA) is 26.3 Å². The fourth-order valence-corrected chi connectivity index (χ4v) is 9.60. The minimum atomic E-state index is -2.70. The smallest absolute Gasteiger partial charge is 0.301 e. The first-order chi connectivity index (χ1) is 9.44. The summed E-state index contributed by atoms with van der Waals surface area (Å²) >= 11 is -1.53. The number of benzene rings is 1. The minimum absolute atomic E-state index is 0.208. The molecular weight excluding hydrogens is 296 g/mol. The van der Waals surface area contributed by atoms with E-state index in [1.54, 1.807) is 0 Å². The van der Waals surface area contributed by atoms with E-state index in [0.29, 0.717) is 4.90 Å². The second-order valence-electron chi connectivity index (χ2n) is 7.46. The van der Waals surface area contributed by atoms with Crippen LogP contribution in [0.1, 0.15) is 47.1 Å². The van der Waals surface area contributed by atoms with Crippen molar-refractivity contribution in [3.05, 3.63) is 29.8 Å². The lowest BCUT2D eigenvalue weighted by molar-refractivity contribution is 0.458. The quantitative estimate of drug-likeness (QED) is 0.593. The highest BCUT2D eigenvalue weighted by Gasteiger charge is 2.56. The highest BCUT2D eigenvalue weighted by molar-refractivity contribution is 7.81. The van der Waals surface area contributed by atoms with Crippen molar-refractivity contribution >= 4 is 19.4 Å². The fourth-order valence-electron chi connectivity index (χ4n) is 2.64. The molecule has 21 heavy (non-hydrogen) atoms. The van der Waals surface area contributed by atoms with Crippen LogP contribution in [0.25, 0.3) is 0 Å². The van der Waals surface area contributed by atoms with E-state index in [-0.39, 0.29) is 10.1 Å². The average molecular weight is 323 g/mol. The predicted octanol–water partition coefficient (Wildman–Crippen LogP) is 4.75. The van der Waals surface area contributed by atoms with Crippen molar-refractivity contribution in [1.82, 2.24) is 0 Å². The molecule has 0 aliphatic rings. The van der Waals surface area contributed by atoms with Gasteiger partial charge in [-0.05, 0) is 29.1 Å². The SMILES string of the molecule is C#C[Si](OS(=O)c1ccc(C)cc1)(C(C)(C)C)C(C)(C)C. The molecule has 116 valence electrons. The molecule has 1 atom stereocenters. The Morgan fingerprint density at radius 3 is 1.81 bits per heavy atom. The van der Waals surface area contributed by atoms with Crippen molar-refractivity contribution in [2.24, 2.45) is 0 Å². The maximum Gasteiger partial charge on any atom is 0.301 e. The third-order valence-corrected chi connectivity index (χ3v) is 10.6. The molecule has 4 heteroatoms. The number of hydrogen-bond donors (Lipinski definition) is 0. The molecule has 0 saturated heterocycles. The van der Waals surface area contributed by atoms with Crippen LogP contribution >= 0.6 is 0 Å². The summed E-state index contributed by atoms with van der Waals surface area (Å²) < 4.78 is 18.8. The Bertz CT molecular complexity index is 542. The molecule has 0 radical (unpaired) electrons. The van der Waals surface area contributed by atoms with Crippen LogP contribution in [-0.2, 0) is 15.0 Å². The van der Waals surface area contributed by atoms with Gasteiger partial charge >= 0.3 is 8.32 Å². The van der Waals surface area contributed by atoms with Gasteiger partial charge in [0.15, 0.2) is 11.1 Å². The lowest BCUT2D eigenvalue weighted by atomic mass is 10.2. The summed E-state index contributed by atoms with van der Waals surface area (Å²) in [6, 6.07) is 7.55. The lowest BCUT2D eigenvalue weighted by Gasteiger charge is -2.45. The van der Waals surface area contributed by atoms with Crippen LogP contribution in [-0.4, -0.2) is 12.5 Å². The van der Waals surface area contributed by atoms with E-state index in [0.717, 1.165) is 5.56 Å². The van der Waals surface area contributed by atoms with E-state index in [1.807, 2.05) is 31.2 Å². The van der Waals surface area contributed by atoms with Crippen LogP contribution in [0.2, 0.25) is 10.1 Å². The molecule has 0 aliphatic heterocycles. The lowest BCUT2D eigenvalue weighted by Crippen LogP contribution is -2.54. The molecule has 0 heterocycles. The van der Waals surface area contributed by atoms with Gasteiger partial charge in [-0.3, -0.25) is 0 Å². The summed E-state index contributed by atoms with van der Waals surface area (Å²) in [5, 5.41) is -0.416. The van der Waals surface area contributed by atoms with Crippen molar-refractivity contribution in [2.45, 2.75) is 63.4 Å². The van der Waals surface area contributed by atoms with E-state index in [1.165, 1.54) is 0 Å². The molecule has 2 nitrogen and oxygen atoms in total. The van der Waals surface area contributed by atoms with Crippen molar-refractivity contribution < 1.29 is 8.08 Å². The monoisotopic (exact) mass is 322 g/mol. The molecule has 0 spiro atoms. The van der Waals surface area contributed by atoms with E-state index in [4.69, 9.17) is 10.3 Å². The predicted molar refractivity (Wildman–Crippen MR) is 92.7 cm³/mol. The zero-order valence-electron chi connectivity index (χ0n) is 14.1. The summed E-state index contributed by atoms with van der Waals surface area (Å²) in [4.78, 5) is 0.668. The van der Waals surface area contributed by atoms with Gasteiger partial charge in [0, 0.05) is 0 Å². The molecule has 1 aromatic carbocycles. The molecule has 0 amide bonds. The van der Waals surface area contributed by atoms with Gasteiger partial charge in [0.05, 0.1) is 4.90 Å². The summed E-state index contributed by atoms with van der Waals surface area (Å²) in [5.74, 6) is 0. The van der Waals surface area contributed by atoms with Crippen molar-refractivity contribution in [3.8, 4) is 12.0 Å². The Morgan fingerprint density at radius 2 is 1.48 bits per heavy atom. The number of terminal acetylenes is 1. The van der Waals surface area contributed by atoms with Gasteiger partial charge in [-0.15, -0.1) is 6.42 Å². The summed E-state index contributed by atoms with van der Waals surface area (Å²) in [6.07, 6.45) is 5.88. The molecule has 1 aromatic rings. The Labute approximate surface area is 133 Å². The highest BCUT2D eigenvalue weighted by atomic mass is 32.2. The average Bonchev–Trinajstić information content (AvgIpc) is 2.33. The van der Waals surface area contributed by atoms with E-state index < -0.39 is 19.4 Å². The summed E-state index contributed by atoms with van der Waals surface area (Å²) in [7, 11) is -2.70. The molecule has 0 aliphatic carbocycles. The molecule has 0 saturated carbocycles. The van der Waals surface area contributed by atoms with Gasteiger partial charge in [0.25, 0.3) is 0 Å². The van der Waals surface area contributed by atoms with Crippen LogP contribution in [0, 0.1) is 18.9 Å². The number of aryl methyl sites for hydroxylation is 1. The molecule has 0 aromatic heterocycles. The van der Waals surface area contributed by atoms with E-state index >= 15 is 0 Å². The van der Waals surface area contributed by atoms with Crippen molar-refractivity contribution in [3.63, 3.8) is 0 Å². The van der Waals surface area contributed by atoms with Gasteiger partial charge in [-0.1, -0.05) is 64.8 Å². The third kappa shape index (κ3) is 3.66. The molecular formula is C17H26O2SSi. The number of hydrogen-bond acceptors (Lipinski definition) is 2. The standard InChI is InChI=1S/C17H26O2SSi/c1-9-21(16(3,4)5,17(6,7)8)19-20(18)15-12-10-14(2)11-13-15/h1,10-13H,2-8H3. The maximum atomic E-state index is 12.7. The van der Waals surface area contributed by atoms with Gasteiger partial charge in [0.2, 0.25) is 0 Å². The van der Waals surface area contributed by atoms with Crippen LogP contribution < -0.4 is 0 Å². The molecule has 0 fully saturated rings. The van der Waals surface area contributed by atoms with E-state index in [2.05, 4.69) is 47.1 Å². The molecule has 1 rings (SSSR count). The van der Waals surface area contributed by atoms with Gasteiger partial charge in [-0.25, -0.2) is 4.21 Å². The van der Waals surface area contributed by atoms with Gasteiger partial charge < -0.3 is 3.87 Å². The van der Waals surface area contributed by atoms with Crippen molar-refractivity contribution in [2.75, 3.05) is 0 Å². The zero-order valence-corrected chi connectivity index (χ0v) is 15.9. The minimum Gasteiger partial charge on any atom is -0.314 e. The largest absolute Gasteiger partial charge is 0.314 e. The Morgan fingerprint density at radius 1 is 1.05 bits per heavy atom. The van der Waals surface area contributed by atoms with Gasteiger partial charge in [-0.2, -0.15) is 0 Å². The first kappa shape index (κ1) is 18.2. The Balaban J connectivity index is 3.23. The second-order valence-corrected chi connectivity index (χ2v) is 13.7. The normalized spacial score (nSPS) is 14.6. The molecule has 0 bridgehead atoms. The van der Waals surface area contributed by atoms with Crippen LogP contribution in [0.15, 0.2) is 29.2 Å². The van der Waals surface area contributed by atoms with E-state index in [9.17, 15) is 4.21 Å². The first-order valence-electron chi connectivity index (χ1n) is 7.10. The van der Waals surface area contributed by atoms with Crippen LogP contribution in [0.5, 0.6) is 0 Å². The highest BCUT2D eigenvalue weighted by Crippen LogP contribution is 2.51. The Kier molecular flexibility index (Phi) is 5.25. The summed E-state index contributed by atoms with van der Waals surface area (Å²) in [5.41, 5.74) is 4.06. The zero-order chi connectivity index (χ0) is 16.5. The second kappa shape index (κ2) is 6.08. The van der Waals surface area contributed by atoms with Crippen LogP contribution in [0.3, 0.4) is 0 Å². The Hall–Kier alpha value is -0.893. The fraction of sp³-hybridized carbons (Fsp3) is 0.529. The van der Waals surface area contributed by atoms with Gasteiger partial charge in [0.1, 0.15) is 0 Å². The third-order valence-electron chi connectivity index (χ3n) is 3.73. The maximum absolute atomic E-state index is 12.7. The van der Waals surface area contributed by atoms with Crippen molar-refractivity contribution in [1.29, 1.82) is 0 Å². The summed E-state index contributed by atoms with van der Waals surface area (Å²) in [6.45, 7) is 14.5. The number of rotatable bonds is 3. The molecule has 1 unspecified atom stereocenters. The van der Waals surface area contributed by atoms with Crippen LogP contribution in [0.4, 0.5) is 0 Å². The first-order valence-corrected chi connectivity index (χ1v) is 10.1. The molecule has 0 N–H and O–H groups in total.